The highest BCUT2D eigenvalue weighted by Gasteiger charge is 2.73. The highest BCUT2D eigenvalue weighted by Crippen LogP contribution is 2.45. The van der Waals surface area contributed by atoms with Crippen LogP contribution in [0.5, 0.6) is 0 Å². The van der Waals surface area contributed by atoms with Gasteiger partial charge in [-0.15, -0.1) is 0 Å². The number of allylic oxidation sites excluding steroid dienone is 1. The normalized spacial score (nSPS) is 33.1. The Labute approximate surface area is 172 Å². The van der Waals surface area contributed by atoms with Gasteiger partial charge in [0.1, 0.15) is 24.1 Å². The van der Waals surface area contributed by atoms with Gasteiger partial charge >= 0.3 is 0 Å². The Balaban J connectivity index is 1.94. The Morgan fingerprint density at radius 3 is 2.50 bits per heavy atom. The third-order valence-electron chi connectivity index (χ3n) is 5.49. The molecule has 2 aliphatic rings. The molecule has 1 saturated heterocycles. The van der Waals surface area contributed by atoms with Crippen LogP contribution in [-0.2, 0) is 9.53 Å². The highest BCUT2D eigenvalue weighted by molar-refractivity contribution is 6.08. The fraction of sp³-hybridized carbons (Fsp3) is 0.429. The van der Waals surface area contributed by atoms with E-state index in [0.29, 0.717) is 6.42 Å². The number of benzene rings is 1. The van der Waals surface area contributed by atoms with Crippen molar-refractivity contribution < 1.29 is 39.9 Å². The molecule has 1 spiro atoms. The first-order valence-corrected chi connectivity index (χ1v) is 9.54. The lowest BCUT2D eigenvalue weighted by molar-refractivity contribution is -0.167. The van der Waals surface area contributed by atoms with E-state index in [1.807, 2.05) is 12.2 Å². The second-order valence-electron chi connectivity index (χ2n) is 7.43. The molecular formula is C21H25NO8. The summed E-state index contributed by atoms with van der Waals surface area (Å²) < 4.78 is 5.51. The molecule has 6 N–H and O–H groups in total. The second kappa shape index (κ2) is 7.93. The van der Waals surface area contributed by atoms with Gasteiger partial charge in [0, 0.05) is 11.1 Å². The van der Waals surface area contributed by atoms with Crippen LogP contribution in [-0.4, -0.2) is 73.0 Å². The number of amides is 1. The number of aliphatic hydroxyl groups is 5. The van der Waals surface area contributed by atoms with Gasteiger partial charge < -0.3 is 35.6 Å². The van der Waals surface area contributed by atoms with E-state index in [4.69, 9.17) is 4.74 Å². The van der Waals surface area contributed by atoms with Crippen molar-refractivity contribution in [3.8, 4) is 0 Å². The molecule has 1 aromatic rings. The van der Waals surface area contributed by atoms with E-state index < -0.39 is 47.4 Å². The Morgan fingerprint density at radius 1 is 1.27 bits per heavy atom. The molecule has 2 aliphatic heterocycles. The molecule has 1 amide bonds. The molecule has 0 bridgehead atoms. The summed E-state index contributed by atoms with van der Waals surface area (Å²) in [7, 11) is 0. The van der Waals surface area contributed by atoms with Gasteiger partial charge in [0.25, 0.3) is 5.91 Å². The predicted octanol–water partition coefficient (Wildman–Crippen LogP) is -0.859. The largest absolute Gasteiger partial charge is 0.473 e. The SMILES string of the molecule is CC/C=C\[C@H](O)[C@H](O)C1=C(C)C(O)[C@]2(O1)C(=O)N[C@@](O)(C(=O)c1ccccc1)C2O. The summed E-state index contributed by atoms with van der Waals surface area (Å²) in [6.07, 6.45) is -3.49. The van der Waals surface area contributed by atoms with Crippen molar-refractivity contribution in [1.29, 1.82) is 0 Å². The maximum atomic E-state index is 12.8. The smallest absolute Gasteiger partial charge is 0.272 e. The van der Waals surface area contributed by atoms with Crippen LogP contribution in [0.2, 0.25) is 0 Å². The van der Waals surface area contributed by atoms with Crippen LogP contribution in [0.4, 0.5) is 0 Å². The number of carbonyl (C=O) groups excluding carboxylic acids is 2. The summed E-state index contributed by atoms with van der Waals surface area (Å²) in [4.78, 5) is 25.6. The zero-order chi connectivity index (χ0) is 22.3. The molecule has 9 nitrogen and oxygen atoms in total. The second-order valence-corrected chi connectivity index (χ2v) is 7.43. The topological polar surface area (TPSA) is 157 Å². The first-order chi connectivity index (χ1) is 14.1. The summed E-state index contributed by atoms with van der Waals surface area (Å²) >= 11 is 0. The summed E-state index contributed by atoms with van der Waals surface area (Å²) in [5.41, 5.74) is -5.22. The molecular weight excluding hydrogens is 394 g/mol. The minimum absolute atomic E-state index is 0.0166. The number of ether oxygens (including phenoxy) is 1. The monoisotopic (exact) mass is 419 g/mol. The number of Topliss-reactive ketones (excluding diaryl/α,β-unsaturated/α-hetero) is 1. The maximum absolute atomic E-state index is 12.8. The number of hydrogen-bond acceptors (Lipinski definition) is 8. The Hall–Kier alpha value is -2.56. The van der Waals surface area contributed by atoms with Crippen molar-refractivity contribution in [3.05, 3.63) is 59.4 Å². The molecule has 1 fully saturated rings. The van der Waals surface area contributed by atoms with E-state index in [1.54, 1.807) is 24.3 Å². The molecule has 9 heteroatoms. The van der Waals surface area contributed by atoms with E-state index in [1.165, 1.54) is 25.1 Å². The molecule has 0 saturated carbocycles. The standard InChI is InChI=1S/C21H25NO8/c1-3-4-10-13(23)14(24)15-11(2)16(25)20(30-15)18(27)21(29,22-19(20)28)17(26)12-8-6-5-7-9-12/h4-10,13-14,16,18,23-25,27,29H,3H2,1-2H3,(H,22,28)/b10-4-/t13-,14-,16?,18?,20+,21+/m0/s1. The Morgan fingerprint density at radius 2 is 1.90 bits per heavy atom. The molecule has 2 unspecified atom stereocenters. The lowest BCUT2D eigenvalue weighted by atomic mass is 9.84. The van der Waals surface area contributed by atoms with Gasteiger partial charge in [0.2, 0.25) is 17.1 Å². The Kier molecular flexibility index (Phi) is 5.85. The minimum Gasteiger partial charge on any atom is -0.473 e. The fourth-order valence-corrected chi connectivity index (χ4v) is 3.74. The molecule has 30 heavy (non-hydrogen) atoms. The first-order valence-electron chi connectivity index (χ1n) is 9.54. The molecule has 1 aromatic carbocycles. The number of hydrogen-bond donors (Lipinski definition) is 6. The number of carbonyl (C=O) groups is 2. The van der Waals surface area contributed by atoms with E-state index >= 15 is 0 Å². The first kappa shape index (κ1) is 22.1. The number of nitrogens with one attached hydrogen (secondary N) is 1. The van der Waals surface area contributed by atoms with Crippen LogP contribution in [0.1, 0.15) is 30.6 Å². The maximum Gasteiger partial charge on any atom is 0.272 e. The van der Waals surface area contributed by atoms with Gasteiger partial charge in [-0.1, -0.05) is 49.4 Å². The summed E-state index contributed by atoms with van der Waals surface area (Å²) in [6, 6.07) is 7.52. The van der Waals surface area contributed by atoms with E-state index in [2.05, 4.69) is 0 Å². The van der Waals surface area contributed by atoms with Gasteiger partial charge in [-0.2, -0.15) is 0 Å². The van der Waals surface area contributed by atoms with E-state index in [-0.39, 0.29) is 16.9 Å². The lowest BCUT2D eigenvalue weighted by Crippen LogP contribution is -2.60. The van der Waals surface area contributed by atoms with Gasteiger partial charge in [0.05, 0.1) is 0 Å². The third-order valence-corrected chi connectivity index (χ3v) is 5.49. The van der Waals surface area contributed by atoms with Crippen LogP contribution in [0.3, 0.4) is 0 Å². The van der Waals surface area contributed by atoms with Crippen LogP contribution >= 0.6 is 0 Å². The van der Waals surface area contributed by atoms with Gasteiger partial charge in [0.15, 0.2) is 6.10 Å². The number of aliphatic hydroxyl groups excluding tert-OH is 4. The van der Waals surface area contributed by atoms with Crippen LogP contribution < -0.4 is 5.32 Å². The molecule has 3 rings (SSSR count). The van der Waals surface area contributed by atoms with Crippen LogP contribution in [0.25, 0.3) is 0 Å². The van der Waals surface area contributed by atoms with Gasteiger partial charge in [-0.3, -0.25) is 9.59 Å². The molecule has 0 aliphatic carbocycles. The van der Waals surface area contributed by atoms with Crippen molar-refractivity contribution in [1.82, 2.24) is 5.32 Å². The average Bonchev–Trinajstić information content (AvgIpc) is 3.13. The molecule has 0 aromatic heterocycles. The zero-order valence-corrected chi connectivity index (χ0v) is 16.5. The third kappa shape index (κ3) is 3.15. The molecule has 2 heterocycles. The average molecular weight is 419 g/mol. The quantitative estimate of drug-likeness (QED) is 0.257. The fourth-order valence-electron chi connectivity index (χ4n) is 3.74. The number of ketones is 1. The predicted molar refractivity (Wildman–Crippen MR) is 104 cm³/mol. The highest BCUT2D eigenvalue weighted by atomic mass is 16.6. The summed E-state index contributed by atoms with van der Waals surface area (Å²) in [6.45, 7) is 3.18. The minimum atomic E-state index is -2.76. The van der Waals surface area contributed by atoms with Crippen molar-refractivity contribution >= 4 is 11.7 Å². The van der Waals surface area contributed by atoms with E-state index in [9.17, 15) is 35.1 Å². The van der Waals surface area contributed by atoms with Gasteiger partial charge in [-0.25, -0.2) is 0 Å². The molecule has 0 radical (unpaired) electrons. The van der Waals surface area contributed by atoms with Crippen LogP contribution in [0.15, 0.2) is 53.8 Å². The Bertz CT molecular complexity index is 898. The van der Waals surface area contributed by atoms with Crippen LogP contribution in [0, 0.1) is 0 Å². The van der Waals surface area contributed by atoms with E-state index in [0.717, 1.165) is 0 Å². The summed E-state index contributed by atoms with van der Waals surface area (Å²) in [5, 5.41) is 55.0. The van der Waals surface area contributed by atoms with Crippen molar-refractivity contribution in [2.45, 2.75) is 56.0 Å². The van der Waals surface area contributed by atoms with Crippen molar-refractivity contribution in [2.75, 3.05) is 0 Å². The molecule has 162 valence electrons. The van der Waals surface area contributed by atoms with Crippen molar-refractivity contribution in [3.63, 3.8) is 0 Å². The lowest BCUT2D eigenvalue weighted by Gasteiger charge is -2.32. The van der Waals surface area contributed by atoms with Crippen molar-refractivity contribution in [2.24, 2.45) is 0 Å². The zero-order valence-electron chi connectivity index (χ0n) is 16.5. The summed E-state index contributed by atoms with van der Waals surface area (Å²) in [5.74, 6) is -2.44. The number of rotatable bonds is 6. The van der Waals surface area contributed by atoms with Gasteiger partial charge in [-0.05, 0) is 13.3 Å². The molecule has 6 atom stereocenters.